The molecule has 2 N–H and O–H groups in total. The first kappa shape index (κ1) is 19.1. The van der Waals surface area contributed by atoms with Crippen LogP contribution in [0.25, 0.3) is 5.52 Å². The first-order valence-electron chi connectivity index (χ1n) is 9.51. The molecule has 0 radical (unpaired) electrons. The number of halogens is 1. The van der Waals surface area contributed by atoms with Crippen molar-refractivity contribution in [1.82, 2.24) is 20.0 Å². The Balaban J connectivity index is 1.50. The molecule has 1 aliphatic rings. The summed E-state index contributed by atoms with van der Waals surface area (Å²) in [7, 11) is 0. The van der Waals surface area contributed by atoms with Gasteiger partial charge in [-0.1, -0.05) is 18.2 Å². The zero-order valence-electron chi connectivity index (χ0n) is 15.7. The third kappa shape index (κ3) is 4.27. The predicted octanol–water partition coefficient (Wildman–Crippen LogP) is 2.31. The summed E-state index contributed by atoms with van der Waals surface area (Å²) in [6.07, 6.45) is 3.62. The van der Waals surface area contributed by atoms with Crippen LogP contribution in [-0.2, 0) is 11.3 Å². The van der Waals surface area contributed by atoms with Crippen LogP contribution in [0.5, 0.6) is 0 Å². The molecule has 1 atom stereocenters. The minimum atomic E-state index is -0.406. The lowest BCUT2D eigenvalue weighted by Gasteiger charge is -2.10. The van der Waals surface area contributed by atoms with Gasteiger partial charge in [0.2, 0.25) is 5.82 Å². The fourth-order valence-electron chi connectivity index (χ4n) is 3.32. The molecule has 1 fully saturated rings. The number of fused-ring (bicyclic) bond motifs is 1. The minimum absolute atomic E-state index is 0.0173. The highest BCUT2D eigenvalue weighted by molar-refractivity contribution is 6.02. The van der Waals surface area contributed by atoms with E-state index in [4.69, 9.17) is 4.74 Å². The Labute approximate surface area is 166 Å². The summed E-state index contributed by atoms with van der Waals surface area (Å²) in [5, 5.41) is 5.60. The van der Waals surface area contributed by atoms with Gasteiger partial charge >= 0.3 is 0 Å². The quantitative estimate of drug-likeness (QED) is 0.670. The van der Waals surface area contributed by atoms with Crippen molar-refractivity contribution in [3.63, 3.8) is 0 Å². The first-order chi connectivity index (χ1) is 14.1. The number of carbonyl (C=O) groups is 2. The molecule has 1 unspecified atom stereocenters. The number of benzene rings is 1. The van der Waals surface area contributed by atoms with Gasteiger partial charge in [0.05, 0.1) is 11.6 Å². The number of carbonyl (C=O) groups excluding carboxylic acids is 2. The second-order valence-corrected chi connectivity index (χ2v) is 6.89. The van der Waals surface area contributed by atoms with E-state index in [1.54, 1.807) is 40.9 Å². The number of pyridine rings is 1. The molecular weight excluding hydrogens is 375 g/mol. The maximum atomic E-state index is 13.0. The Bertz CT molecular complexity index is 1030. The molecule has 3 aromatic rings. The fourth-order valence-corrected chi connectivity index (χ4v) is 3.32. The molecule has 7 nitrogen and oxygen atoms in total. The molecule has 29 heavy (non-hydrogen) atoms. The second-order valence-electron chi connectivity index (χ2n) is 6.89. The van der Waals surface area contributed by atoms with Crippen LogP contribution in [-0.4, -0.2) is 40.5 Å². The second kappa shape index (κ2) is 8.40. The summed E-state index contributed by atoms with van der Waals surface area (Å²) in [4.78, 5) is 29.6. The number of rotatable bonds is 6. The number of aromatic nitrogens is 2. The van der Waals surface area contributed by atoms with Crippen LogP contribution in [0.4, 0.5) is 4.39 Å². The molecule has 0 aliphatic carbocycles. The Kier molecular flexibility index (Phi) is 5.53. The average Bonchev–Trinajstić information content (AvgIpc) is 3.39. The zero-order chi connectivity index (χ0) is 20.2. The molecule has 1 saturated heterocycles. The number of hydrogen-bond acceptors (Lipinski definition) is 4. The van der Waals surface area contributed by atoms with Crippen LogP contribution < -0.4 is 10.6 Å². The summed E-state index contributed by atoms with van der Waals surface area (Å²) in [6, 6.07) is 11.2. The predicted molar refractivity (Wildman–Crippen MR) is 104 cm³/mol. The van der Waals surface area contributed by atoms with E-state index in [1.807, 2.05) is 0 Å². The summed E-state index contributed by atoms with van der Waals surface area (Å²) in [5.41, 5.74) is 1.46. The van der Waals surface area contributed by atoms with Crippen molar-refractivity contribution < 1.29 is 18.7 Å². The van der Waals surface area contributed by atoms with Gasteiger partial charge in [0.1, 0.15) is 5.82 Å². The van der Waals surface area contributed by atoms with Crippen LogP contribution in [0, 0.1) is 5.82 Å². The first-order valence-corrected chi connectivity index (χ1v) is 9.51. The number of nitrogens with one attached hydrogen (secondary N) is 2. The Hall–Kier alpha value is -3.26. The van der Waals surface area contributed by atoms with Crippen LogP contribution in [0.3, 0.4) is 0 Å². The number of nitrogens with zero attached hydrogens (tertiary/aromatic N) is 2. The van der Waals surface area contributed by atoms with Crippen LogP contribution in [0.15, 0.2) is 48.7 Å². The van der Waals surface area contributed by atoms with Gasteiger partial charge in [0.15, 0.2) is 5.69 Å². The molecule has 0 bridgehead atoms. The van der Waals surface area contributed by atoms with Gasteiger partial charge in [0.25, 0.3) is 11.8 Å². The van der Waals surface area contributed by atoms with E-state index < -0.39 is 5.91 Å². The van der Waals surface area contributed by atoms with Crippen LogP contribution in [0.2, 0.25) is 0 Å². The van der Waals surface area contributed by atoms with Gasteiger partial charge < -0.3 is 15.4 Å². The summed E-state index contributed by atoms with van der Waals surface area (Å²) in [6.45, 7) is 1.35. The maximum absolute atomic E-state index is 13.0. The van der Waals surface area contributed by atoms with Crippen molar-refractivity contribution in [2.75, 3.05) is 13.2 Å². The number of imidazole rings is 1. The van der Waals surface area contributed by atoms with E-state index >= 15 is 0 Å². The lowest BCUT2D eigenvalue weighted by Crippen LogP contribution is -2.33. The Morgan fingerprint density at radius 2 is 1.97 bits per heavy atom. The molecule has 2 aromatic heterocycles. The number of ether oxygens (including phenoxy) is 1. The average molecular weight is 396 g/mol. The Morgan fingerprint density at radius 3 is 2.72 bits per heavy atom. The van der Waals surface area contributed by atoms with Crippen LogP contribution in [0.1, 0.15) is 39.5 Å². The lowest BCUT2D eigenvalue weighted by atomic mass is 10.2. The number of hydrogen-bond donors (Lipinski definition) is 2. The Morgan fingerprint density at radius 1 is 1.14 bits per heavy atom. The SMILES string of the molecule is O=C(NCc1ccc(F)cc1)c1nc(C(=O)NCC2CCCO2)n2ccccc12. The zero-order valence-corrected chi connectivity index (χ0v) is 15.7. The number of amides is 2. The molecule has 0 spiro atoms. The van der Waals surface area contributed by atoms with Crippen molar-refractivity contribution in [2.45, 2.75) is 25.5 Å². The van der Waals surface area contributed by atoms with Crippen LogP contribution >= 0.6 is 0 Å². The maximum Gasteiger partial charge on any atom is 0.287 e. The highest BCUT2D eigenvalue weighted by atomic mass is 19.1. The highest BCUT2D eigenvalue weighted by Gasteiger charge is 2.23. The molecule has 8 heteroatoms. The summed E-state index contributed by atoms with van der Waals surface area (Å²) >= 11 is 0. The van der Waals surface area contributed by atoms with E-state index in [-0.39, 0.29) is 35.9 Å². The van der Waals surface area contributed by atoms with E-state index in [9.17, 15) is 14.0 Å². The topological polar surface area (TPSA) is 84.7 Å². The smallest absolute Gasteiger partial charge is 0.287 e. The molecule has 1 aromatic carbocycles. The standard InChI is InChI=1S/C21H21FN4O3/c22-15-8-6-14(7-9-15)12-23-20(27)18-17-5-1-2-10-26(17)19(25-18)21(28)24-13-16-4-3-11-29-16/h1-2,5-10,16H,3-4,11-13H2,(H,23,27)(H,24,28). The third-order valence-corrected chi connectivity index (χ3v) is 4.85. The largest absolute Gasteiger partial charge is 0.376 e. The third-order valence-electron chi connectivity index (χ3n) is 4.85. The molecule has 2 amide bonds. The molecule has 150 valence electrons. The minimum Gasteiger partial charge on any atom is -0.376 e. The molecule has 1 aliphatic heterocycles. The lowest BCUT2D eigenvalue weighted by molar-refractivity contribution is 0.0848. The van der Waals surface area contributed by atoms with Crippen molar-refractivity contribution in [3.05, 3.63) is 71.6 Å². The van der Waals surface area contributed by atoms with Gasteiger partial charge in [-0.05, 0) is 42.7 Å². The van der Waals surface area contributed by atoms with Gasteiger partial charge in [-0.15, -0.1) is 0 Å². The molecule has 3 heterocycles. The molecule has 0 saturated carbocycles. The molecular formula is C21H21FN4O3. The van der Waals surface area contributed by atoms with E-state index in [2.05, 4.69) is 15.6 Å². The van der Waals surface area contributed by atoms with E-state index in [1.165, 1.54) is 12.1 Å². The summed E-state index contributed by atoms with van der Waals surface area (Å²) in [5.74, 6) is -0.958. The van der Waals surface area contributed by atoms with Gasteiger partial charge in [-0.25, -0.2) is 9.37 Å². The van der Waals surface area contributed by atoms with Gasteiger partial charge in [0, 0.05) is 25.9 Å². The van der Waals surface area contributed by atoms with Crippen molar-refractivity contribution in [1.29, 1.82) is 0 Å². The van der Waals surface area contributed by atoms with Crippen molar-refractivity contribution in [2.24, 2.45) is 0 Å². The van der Waals surface area contributed by atoms with E-state index in [0.29, 0.717) is 18.7 Å². The van der Waals surface area contributed by atoms with Gasteiger partial charge in [-0.3, -0.25) is 14.0 Å². The van der Waals surface area contributed by atoms with Crippen molar-refractivity contribution >= 4 is 17.3 Å². The highest BCUT2D eigenvalue weighted by Crippen LogP contribution is 2.15. The molecule has 4 rings (SSSR count). The van der Waals surface area contributed by atoms with Crippen molar-refractivity contribution in [3.8, 4) is 0 Å². The monoisotopic (exact) mass is 396 g/mol. The summed E-state index contributed by atoms with van der Waals surface area (Å²) < 4.78 is 20.1. The van der Waals surface area contributed by atoms with Gasteiger partial charge in [-0.2, -0.15) is 0 Å². The fraction of sp³-hybridized carbons (Fsp3) is 0.286. The normalized spacial score (nSPS) is 16.1. The van der Waals surface area contributed by atoms with E-state index in [0.717, 1.165) is 18.4 Å².